The Bertz CT molecular complexity index is 818. The summed E-state index contributed by atoms with van der Waals surface area (Å²) >= 11 is 13.3. The number of benzene rings is 1. The van der Waals surface area contributed by atoms with E-state index < -0.39 is 6.04 Å². The van der Waals surface area contributed by atoms with E-state index in [0.29, 0.717) is 33.7 Å². The number of carbonyl (C=O) groups excluding carboxylic acids is 2. The van der Waals surface area contributed by atoms with Gasteiger partial charge in [0.25, 0.3) is 5.91 Å². The molecule has 0 aliphatic carbocycles. The third-order valence-corrected chi connectivity index (χ3v) is 5.97. The summed E-state index contributed by atoms with van der Waals surface area (Å²) in [6.45, 7) is 4.39. The Morgan fingerprint density at radius 2 is 2.04 bits per heavy atom. The fourth-order valence-electron chi connectivity index (χ4n) is 2.79. The number of halogens is 2. The molecule has 1 aromatic carbocycles. The van der Waals surface area contributed by atoms with Crippen LogP contribution in [0.3, 0.4) is 0 Å². The van der Waals surface area contributed by atoms with E-state index in [9.17, 15) is 9.59 Å². The molecule has 8 heteroatoms. The molecular weight excluding hydrogens is 381 g/mol. The number of thiazole rings is 1. The SMILES string of the molecule is Cc1nc(NC(=O)[C@H]2CCCN2C(=O)c2ccc(Cl)c(Cl)c2)sc1C. The monoisotopic (exact) mass is 397 g/mol. The van der Waals surface area contributed by atoms with Crippen LogP contribution in [0.1, 0.15) is 33.8 Å². The molecule has 0 unspecified atom stereocenters. The van der Waals surface area contributed by atoms with E-state index in [-0.39, 0.29) is 11.8 Å². The van der Waals surface area contributed by atoms with Crippen LogP contribution in [0.5, 0.6) is 0 Å². The second-order valence-corrected chi connectivity index (χ2v) is 7.95. The number of nitrogens with zero attached hydrogens (tertiary/aromatic N) is 2. The summed E-state index contributed by atoms with van der Waals surface area (Å²) in [6, 6.07) is 4.24. The molecule has 0 radical (unpaired) electrons. The Morgan fingerprint density at radius 3 is 2.68 bits per heavy atom. The minimum Gasteiger partial charge on any atom is -0.327 e. The average Bonchev–Trinajstić information content (AvgIpc) is 3.16. The Balaban J connectivity index is 1.76. The lowest BCUT2D eigenvalue weighted by Gasteiger charge is -2.23. The van der Waals surface area contributed by atoms with Crippen molar-refractivity contribution in [2.75, 3.05) is 11.9 Å². The molecule has 25 heavy (non-hydrogen) atoms. The topological polar surface area (TPSA) is 62.3 Å². The summed E-state index contributed by atoms with van der Waals surface area (Å²) < 4.78 is 0. The summed E-state index contributed by atoms with van der Waals surface area (Å²) in [6.07, 6.45) is 1.41. The van der Waals surface area contributed by atoms with Crippen molar-refractivity contribution >= 4 is 51.5 Å². The molecule has 1 aromatic heterocycles. The number of carbonyl (C=O) groups is 2. The molecule has 1 saturated heterocycles. The zero-order valence-corrected chi connectivity index (χ0v) is 16.1. The minimum atomic E-state index is -0.508. The number of rotatable bonds is 3. The highest BCUT2D eigenvalue weighted by atomic mass is 35.5. The fraction of sp³-hybridized carbons (Fsp3) is 0.353. The molecule has 2 heterocycles. The van der Waals surface area contributed by atoms with Crippen molar-refractivity contribution in [2.45, 2.75) is 32.7 Å². The van der Waals surface area contributed by atoms with Crippen molar-refractivity contribution in [3.63, 3.8) is 0 Å². The second-order valence-electron chi connectivity index (χ2n) is 5.94. The minimum absolute atomic E-state index is 0.209. The molecule has 1 fully saturated rings. The van der Waals surface area contributed by atoms with Gasteiger partial charge in [0.15, 0.2) is 5.13 Å². The van der Waals surface area contributed by atoms with Gasteiger partial charge in [0, 0.05) is 17.0 Å². The third kappa shape index (κ3) is 3.81. The zero-order chi connectivity index (χ0) is 18.1. The van der Waals surface area contributed by atoms with Crippen molar-refractivity contribution in [1.82, 2.24) is 9.88 Å². The van der Waals surface area contributed by atoms with E-state index >= 15 is 0 Å². The van der Waals surface area contributed by atoms with E-state index in [1.165, 1.54) is 17.4 Å². The first-order valence-corrected chi connectivity index (χ1v) is 9.45. The highest BCUT2D eigenvalue weighted by Gasteiger charge is 2.35. The summed E-state index contributed by atoms with van der Waals surface area (Å²) in [7, 11) is 0. The van der Waals surface area contributed by atoms with Crippen molar-refractivity contribution in [1.29, 1.82) is 0 Å². The van der Waals surface area contributed by atoms with E-state index in [1.807, 2.05) is 13.8 Å². The molecule has 0 bridgehead atoms. The van der Waals surface area contributed by atoms with E-state index in [2.05, 4.69) is 10.3 Å². The van der Waals surface area contributed by atoms with Crippen LogP contribution in [0.25, 0.3) is 0 Å². The van der Waals surface area contributed by atoms with Crippen molar-refractivity contribution in [2.24, 2.45) is 0 Å². The van der Waals surface area contributed by atoms with E-state index in [4.69, 9.17) is 23.2 Å². The number of amides is 2. The Hall–Kier alpha value is -1.63. The number of nitrogens with one attached hydrogen (secondary N) is 1. The quantitative estimate of drug-likeness (QED) is 0.838. The summed E-state index contributed by atoms with van der Waals surface area (Å²) in [5, 5.41) is 4.11. The highest BCUT2D eigenvalue weighted by molar-refractivity contribution is 7.15. The van der Waals surface area contributed by atoms with Gasteiger partial charge in [-0.3, -0.25) is 9.59 Å². The lowest BCUT2D eigenvalue weighted by molar-refractivity contribution is -0.119. The molecule has 2 amide bonds. The summed E-state index contributed by atoms with van der Waals surface area (Å²) in [5.41, 5.74) is 1.32. The van der Waals surface area contributed by atoms with Gasteiger partial charge in [-0.05, 0) is 44.9 Å². The molecule has 1 aliphatic rings. The van der Waals surface area contributed by atoms with Crippen molar-refractivity contribution in [3.05, 3.63) is 44.4 Å². The smallest absolute Gasteiger partial charge is 0.254 e. The van der Waals surface area contributed by atoms with Crippen LogP contribution in [-0.2, 0) is 4.79 Å². The number of hydrogen-bond acceptors (Lipinski definition) is 4. The molecule has 0 saturated carbocycles. The van der Waals surface area contributed by atoms with Crippen molar-refractivity contribution < 1.29 is 9.59 Å². The number of aryl methyl sites for hydroxylation is 2. The molecule has 132 valence electrons. The maximum atomic E-state index is 12.8. The molecule has 1 aliphatic heterocycles. The first-order valence-electron chi connectivity index (χ1n) is 7.87. The molecule has 1 N–H and O–H groups in total. The van der Waals surface area contributed by atoms with Gasteiger partial charge >= 0.3 is 0 Å². The number of aromatic nitrogens is 1. The zero-order valence-electron chi connectivity index (χ0n) is 13.8. The van der Waals surface area contributed by atoms with Gasteiger partial charge in [-0.1, -0.05) is 23.2 Å². The first kappa shape index (κ1) is 18.2. The van der Waals surface area contributed by atoms with Crippen LogP contribution in [-0.4, -0.2) is 34.3 Å². The summed E-state index contributed by atoms with van der Waals surface area (Å²) in [5.74, 6) is -0.428. The Labute approximate surface area is 160 Å². The standard InChI is InChI=1S/C17H17Cl2N3O2S/c1-9-10(2)25-17(20-9)21-15(23)14-4-3-7-22(14)16(24)11-5-6-12(18)13(19)8-11/h5-6,8,14H,3-4,7H2,1-2H3,(H,20,21,23)/t14-/m1/s1. The lowest BCUT2D eigenvalue weighted by atomic mass is 10.1. The van der Waals surface area contributed by atoms with Gasteiger partial charge in [0.05, 0.1) is 15.7 Å². The predicted octanol–water partition coefficient (Wildman–Crippen LogP) is 4.31. The second kappa shape index (κ2) is 7.32. The van der Waals surface area contributed by atoms with Gasteiger partial charge in [-0.15, -0.1) is 11.3 Å². The van der Waals surface area contributed by atoms with Crippen LogP contribution in [0.4, 0.5) is 5.13 Å². The maximum absolute atomic E-state index is 12.8. The first-order chi connectivity index (χ1) is 11.9. The largest absolute Gasteiger partial charge is 0.327 e. The van der Waals surface area contributed by atoms with Gasteiger partial charge in [-0.2, -0.15) is 0 Å². The van der Waals surface area contributed by atoms with Crippen LogP contribution in [0.15, 0.2) is 18.2 Å². The van der Waals surface area contributed by atoms with Gasteiger partial charge in [0.2, 0.25) is 5.91 Å². The maximum Gasteiger partial charge on any atom is 0.254 e. The Morgan fingerprint density at radius 1 is 1.28 bits per heavy atom. The van der Waals surface area contributed by atoms with Crippen LogP contribution < -0.4 is 5.32 Å². The molecule has 1 atom stereocenters. The van der Waals surface area contributed by atoms with Gasteiger partial charge in [-0.25, -0.2) is 4.98 Å². The molecule has 5 nitrogen and oxygen atoms in total. The molecule has 3 rings (SSSR count). The third-order valence-electron chi connectivity index (χ3n) is 4.24. The van der Waals surface area contributed by atoms with E-state index in [0.717, 1.165) is 17.0 Å². The predicted molar refractivity (Wildman–Crippen MR) is 101 cm³/mol. The molecule has 2 aromatic rings. The number of anilines is 1. The van der Waals surface area contributed by atoms with Crippen LogP contribution >= 0.6 is 34.5 Å². The fourth-order valence-corrected chi connectivity index (χ4v) is 3.91. The van der Waals surface area contributed by atoms with Crippen molar-refractivity contribution in [3.8, 4) is 0 Å². The normalized spacial score (nSPS) is 17.0. The van der Waals surface area contributed by atoms with Gasteiger partial charge in [0.1, 0.15) is 6.04 Å². The molecular formula is C17H17Cl2N3O2S. The number of likely N-dealkylation sites (tertiary alicyclic amines) is 1. The van der Waals surface area contributed by atoms with Crippen LogP contribution in [0.2, 0.25) is 10.0 Å². The lowest BCUT2D eigenvalue weighted by Crippen LogP contribution is -2.43. The van der Waals surface area contributed by atoms with E-state index in [1.54, 1.807) is 17.0 Å². The van der Waals surface area contributed by atoms with Crippen LogP contribution in [0, 0.1) is 13.8 Å². The average molecular weight is 398 g/mol. The van der Waals surface area contributed by atoms with Gasteiger partial charge < -0.3 is 10.2 Å². The number of hydrogen-bond donors (Lipinski definition) is 1. The molecule has 0 spiro atoms. The highest BCUT2D eigenvalue weighted by Crippen LogP contribution is 2.27. The summed E-state index contributed by atoms with van der Waals surface area (Å²) in [4.78, 5) is 32.4. The Kier molecular flexibility index (Phi) is 5.32.